The maximum absolute atomic E-state index is 12.4. The third-order valence-electron chi connectivity index (χ3n) is 4.62. The molecule has 0 spiro atoms. The Morgan fingerprint density at radius 3 is 2.63 bits per heavy atom. The molecule has 0 atom stereocenters. The van der Waals surface area contributed by atoms with E-state index in [9.17, 15) is 14.4 Å². The van der Waals surface area contributed by atoms with Gasteiger partial charge in [0, 0.05) is 31.3 Å². The van der Waals surface area contributed by atoms with Crippen molar-refractivity contribution in [3.8, 4) is 0 Å². The second-order valence-corrected chi connectivity index (χ2v) is 6.80. The average Bonchev–Trinajstić information content (AvgIpc) is 2.67. The van der Waals surface area contributed by atoms with Gasteiger partial charge in [-0.1, -0.05) is 12.1 Å². The van der Waals surface area contributed by atoms with Crippen LogP contribution in [-0.2, 0) is 11.3 Å². The van der Waals surface area contributed by atoms with Crippen LogP contribution in [0.2, 0.25) is 0 Å². The second-order valence-electron chi connectivity index (χ2n) is 6.80. The minimum Gasteiger partial charge on any atom is -0.343 e. The largest absolute Gasteiger partial charge is 0.343 e. The number of carbonyl (C=O) groups excluding carboxylic acids is 2. The van der Waals surface area contributed by atoms with Crippen LogP contribution >= 0.6 is 0 Å². The smallest absolute Gasteiger partial charge is 0.276 e. The molecule has 1 aromatic carbocycles. The molecule has 2 amide bonds. The lowest BCUT2D eigenvalue weighted by atomic mass is 10.1. The number of likely N-dealkylation sites (tertiary alicyclic amines) is 1. The van der Waals surface area contributed by atoms with Gasteiger partial charge in [0.15, 0.2) is 0 Å². The highest BCUT2D eigenvalue weighted by atomic mass is 16.2. The van der Waals surface area contributed by atoms with Crippen LogP contribution in [0, 0.1) is 6.92 Å². The molecule has 0 aliphatic carbocycles. The van der Waals surface area contributed by atoms with Crippen LogP contribution in [0.15, 0.2) is 41.2 Å². The first-order valence-corrected chi connectivity index (χ1v) is 9.27. The summed E-state index contributed by atoms with van der Waals surface area (Å²) >= 11 is 0. The predicted octanol–water partition coefficient (Wildman–Crippen LogP) is 2.21. The normalized spacial score (nSPS) is 14.0. The van der Waals surface area contributed by atoms with E-state index in [2.05, 4.69) is 10.4 Å². The number of carbonyl (C=O) groups is 2. The van der Waals surface area contributed by atoms with E-state index in [1.54, 1.807) is 6.07 Å². The van der Waals surface area contributed by atoms with Crippen LogP contribution in [0.5, 0.6) is 0 Å². The topological polar surface area (TPSA) is 84.3 Å². The zero-order chi connectivity index (χ0) is 19.2. The highest BCUT2D eigenvalue weighted by Crippen LogP contribution is 2.11. The molecule has 1 N–H and O–H groups in total. The van der Waals surface area contributed by atoms with Crippen LogP contribution in [0.3, 0.4) is 0 Å². The maximum atomic E-state index is 12.4. The van der Waals surface area contributed by atoms with E-state index < -0.39 is 5.91 Å². The number of aryl methyl sites for hydroxylation is 2. The minimum absolute atomic E-state index is 0.0259. The fourth-order valence-corrected chi connectivity index (χ4v) is 3.15. The van der Waals surface area contributed by atoms with Gasteiger partial charge in [0.2, 0.25) is 5.91 Å². The Morgan fingerprint density at radius 1 is 1.11 bits per heavy atom. The molecule has 7 heteroatoms. The molecule has 0 radical (unpaired) electrons. The van der Waals surface area contributed by atoms with E-state index in [1.165, 1.54) is 16.8 Å². The molecule has 0 saturated carbocycles. The first-order valence-electron chi connectivity index (χ1n) is 9.27. The van der Waals surface area contributed by atoms with Crippen molar-refractivity contribution in [3.63, 3.8) is 0 Å². The fourth-order valence-electron chi connectivity index (χ4n) is 3.15. The van der Waals surface area contributed by atoms with Crippen LogP contribution in [-0.4, -0.2) is 39.6 Å². The van der Waals surface area contributed by atoms with Crippen LogP contribution in [0.4, 0.5) is 5.69 Å². The van der Waals surface area contributed by atoms with Gasteiger partial charge in [0.25, 0.3) is 11.5 Å². The number of nitrogens with one attached hydrogen (secondary N) is 1. The molecule has 1 aromatic heterocycles. The number of benzene rings is 1. The van der Waals surface area contributed by atoms with E-state index in [-0.39, 0.29) is 30.1 Å². The lowest BCUT2D eigenvalue weighted by Gasteiger charge is -2.26. The van der Waals surface area contributed by atoms with Crippen molar-refractivity contribution in [1.29, 1.82) is 0 Å². The number of amides is 2. The summed E-state index contributed by atoms with van der Waals surface area (Å²) < 4.78 is 1.19. The molecule has 27 heavy (non-hydrogen) atoms. The molecule has 1 aliphatic rings. The van der Waals surface area contributed by atoms with Crippen molar-refractivity contribution in [2.24, 2.45) is 0 Å². The summed E-state index contributed by atoms with van der Waals surface area (Å²) in [5.41, 5.74) is 1.51. The fraction of sp³-hybridized carbons (Fsp3) is 0.400. The lowest BCUT2D eigenvalue weighted by molar-refractivity contribution is -0.132. The van der Waals surface area contributed by atoms with Crippen LogP contribution in [0.1, 0.15) is 41.7 Å². The van der Waals surface area contributed by atoms with Gasteiger partial charge in [-0.3, -0.25) is 14.4 Å². The average molecular weight is 368 g/mol. The Morgan fingerprint density at radius 2 is 1.89 bits per heavy atom. The van der Waals surface area contributed by atoms with Gasteiger partial charge < -0.3 is 10.2 Å². The monoisotopic (exact) mass is 368 g/mol. The molecule has 0 unspecified atom stereocenters. The zero-order valence-corrected chi connectivity index (χ0v) is 15.5. The predicted molar refractivity (Wildman–Crippen MR) is 103 cm³/mol. The van der Waals surface area contributed by atoms with Crippen molar-refractivity contribution in [1.82, 2.24) is 14.7 Å². The Hall–Kier alpha value is -2.96. The van der Waals surface area contributed by atoms with E-state index in [0.29, 0.717) is 5.69 Å². The number of rotatable bonds is 5. The molecule has 1 fully saturated rings. The summed E-state index contributed by atoms with van der Waals surface area (Å²) in [6.45, 7) is 3.66. The Balaban J connectivity index is 1.65. The molecule has 2 aromatic rings. The van der Waals surface area contributed by atoms with E-state index in [1.807, 2.05) is 30.0 Å². The Labute approximate surface area is 158 Å². The van der Waals surface area contributed by atoms with Crippen molar-refractivity contribution in [2.75, 3.05) is 18.4 Å². The van der Waals surface area contributed by atoms with E-state index >= 15 is 0 Å². The number of anilines is 1. The summed E-state index contributed by atoms with van der Waals surface area (Å²) in [4.78, 5) is 38.6. The summed E-state index contributed by atoms with van der Waals surface area (Å²) in [7, 11) is 0. The molecule has 1 saturated heterocycles. The molecule has 3 rings (SSSR count). The molecule has 2 heterocycles. The van der Waals surface area contributed by atoms with Gasteiger partial charge >= 0.3 is 0 Å². The highest BCUT2D eigenvalue weighted by Gasteiger charge is 2.17. The summed E-state index contributed by atoms with van der Waals surface area (Å²) in [5, 5.41) is 6.90. The summed E-state index contributed by atoms with van der Waals surface area (Å²) in [6, 6.07) is 10.1. The van der Waals surface area contributed by atoms with Crippen molar-refractivity contribution < 1.29 is 9.59 Å². The molecular formula is C20H24N4O3. The molecule has 0 bridgehead atoms. The standard InChI is InChI=1S/C20H24N4O3/c1-15-6-5-7-16(14-15)21-20(27)17-8-9-19(26)24(22-17)13-10-18(25)23-11-3-2-4-12-23/h5-9,14H,2-4,10-13H2,1H3,(H,21,27). The molecule has 1 aliphatic heterocycles. The minimum atomic E-state index is -0.392. The van der Waals surface area contributed by atoms with Gasteiger partial charge in [0.1, 0.15) is 5.69 Å². The number of hydrogen-bond donors (Lipinski definition) is 1. The van der Waals surface area contributed by atoms with Crippen molar-refractivity contribution in [3.05, 3.63) is 58.0 Å². The van der Waals surface area contributed by atoms with Crippen LogP contribution < -0.4 is 10.9 Å². The quantitative estimate of drug-likeness (QED) is 0.877. The molecule has 142 valence electrons. The second kappa shape index (κ2) is 8.62. The number of hydrogen-bond acceptors (Lipinski definition) is 4. The maximum Gasteiger partial charge on any atom is 0.276 e. The van der Waals surface area contributed by atoms with E-state index in [4.69, 9.17) is 0 Å². The van der Waals surface area contributed by atoms with Gasteiger partial charge in [-0.25, -0.2) is 4.68 Å². The summed E-state index contributed by atoms with van der Waals surface area (Å²) in [5.74, 6) is -0.366. The lowest BCUT2D eigenvalue weighted by Crippen LogP contribution is -2.37. The van der Waals surface area contributed by atoms with Crippen LogP contribution in [0.25, 0.3) is 0 Å². The highest BCUT2D eigenvalue weighted by molar-refractivity contribution is 6.02. The number of nitrogens with zero attached hydrogens (tertiary/aromatic N) is 3. The third kappa shape index (κ3) is 5.03. The molecular weight excluding hydrogens is 344 g/mol. The van der Waals surface area contributed by atoms with Crippen molar-refractivity contribution >= 4 is 17.5 Å². The van der Waals surface area contributed by atoms with Crippen molar-refractivity contribution in [2.45, 2.75) is 39.2 Å². The molecule has 7 nitrogen and oxygen atoms in total. The van der Waals surface area contributed by atoms with Gasteiger partial charge in [-0.2, -0.15) is 5.10 Å². The Kier molecular flexibility index (Phi) is 6.01. The van der Waals surface area contributed by atoms with Gasteiger partial charge in [0.05, 0.1) is 6.54 Å². The zero-order valence-electron chi connectivity index (χ0n) is 15.5. The SMILES string of the molecule is Cc1cccc(NC(=O)c2ccc(=O)n(CCC(=O)N3CCCCC3)n2)c1. The first kappa shape index (κ1) is 18.8. The van der Waals surface area contributed by atoms with Gasteiger partial charge in [-0.15, -0.1) is 0 Å². The number of piperidine rings is 1. The summed E-state index contributed by atoms with van der Waals surface area (Å²) in [6.07, 6.45) is 3.41. The third-order valence-corrected chi connectivity index (χ3v) is 4.62. The van der Waals surface area contributed by atoms with E-state index in [0.717, 1.165) is 37.9 Å². The first-order chi connectivity index (χ1) is 13.0. The Bertz CT molecular complexity index is 885. The number of aromatic nitrogens is 2. The van der Waals surface area contributed by atoms with Gasteiger partial charge in [-0.05, 0) is 49.9 Å².